The lowest BCUT2D eigenvalue weighted by molar-refractivity contribution is 0.0943. The van der Waals surface area contributed by atoms with Crippen molar-refractivity contribution >= 4 is 5.91 Å². The first-order valence-electron chi connectivity index (χ1n) is 7.68. The first-order valence-corrected chi connectivity index (χ1v) is 7.68. The van der Waals surface area contributed by atoms with Gasteiger partial charge in [0.15, 0.2) is 0 Å². The Hall–Kier alpha value is -2.20. The van der Waals surface area contributed by atoms with Crippen molar-refractivity contribution in [3.05, 3.63) is 58.9 Å². The maximum atomic E-state index is 14.2. The quantitative estimate of drug-likeness (QED) is 0.896. The number of rotatable bonds is 4. The van der Waals surface area contributed by atoms with E-state index in [-0.39, 0.29) is 17.8 Å². The molecule has 2 aromatic carbocycles. The number of aryl methyl sites for hydroxylation is 1. The van der Waals surface area contributed by atoms with Crippen LogP contribution in [0.4, 0.5) is 4.39 Å². The second-order valence-corrected chi connectivity index (χ2v) is 6.13. The van der Waals surface area contributed by atoms with Crippen LogP contribution in [0.3, 0.4) is 0 Å². The van der Waals surface area contributed by atoms with Gasteiger partial charge in [-0.2, -0.15) is 0 Å². The number of benzene rings is 2. The summed E-state index contributed by atoms with van der Waals surface area (Å²) in [4.78, 5) is 12.3. The summed E-state index contributed by atoms with van der Waals surface area (Å²) in [5.41, 5.74) is 2.81. The van der Waals surface area contributed by atoms with E-state index < -0.39 is 6.10 Å². The molecule has 1 atom stereocenters. The number of carbonyl (C=O) groups excluding carboxylic acids is 1. The first kappa shape index (κ1) is 17.2. The topological polar surface area (TPSA) is 49.3 Å². The summed E-state index contributed by atoms with van der Waals surface area (Å²) in [6.45, 7) is 7.18. The van der Waals surface area contributed by atoms with E-state index in [1.807, 2.05) is 26.8 Å². The summed E-state index contributed by atoms with van der Waals surface area (Å²) in [7, 11) is 0. The number of hydrogen-bond acceptors (Lipinski definition) is 2. The van der Waals surface area contributed by atoms with Crippen LogP contribution in [0, 0.1) is 12.7 Å². The number of aliphatic hydroxyl groups excluding tert-OH is 1. The molecule has 0 aromatic heterocycles. The molecule has 2 N–H and O–H groups in total. The maximum absolute atomic E-state index is 14.2. The Kier molecular flexibility index (Phi) is 5.16. The maximum Gasteiger partial charge on any atom is 0.251 e. The number of halogens is 1. The van der Waals surface area contributed by atoms with Gasteiger partial charge in [-0.25, -0.2) is 4.39 Å². The van der Waals surface area contributed by atoms with Crippen molar-refractivity contribution in [1.29, 1.82) is 0 Å². The van der Waals surface area contributed by atoms with Gasteiger partial charge in [0.25, 0.3) is 5.91 Å². The molecule has 3 nitrogen and oxygen atoms in total. The summed E-state index contributed by atoms with van der Waals surface area (Å²) in [6, 6.07) is 9.97. The molecule has 122 valence electrons. The molecule has 0 spiro atoms. The highest BCUT2D eigenvalue weighted by Gasteiger charge is 2.14. The number of amides is 1. The minimum atomic E-state index is -0.742. The van der Waals surface area contributed by atoms with Crippen molar-refractivity contribution in [2.45, 2.75) is 39.8 Å². The molecule has 1 amide bonds. The summed E-state index contributed by atoms with van der Waals surface area (Å²) >= 11 is 0. The van der Waals surface area contributed by atoms with Gasteiger partial charge in [0.1, 0.15) is 5.82 Å². The van der Waals surface area contributed by atoms with E-state index in [1.165, 1.54) is 6.07 Å². The number of nitrogens with one attached hydrogen (secondary N) is 1. The van der Waals surface area contributed by atoms with Crippen LogP contribution in [0.1, 0.15) is 48.4 Å². The van der Waals surface area contributed by atoms with Gasteiger partial charge in [0, 0.05) is 17.2 Å². The molecule has 0 aliphatic rings. The normalized spacial score (nSPS) is 12.3. The van der Waals surface area contributed by atoms with Crippen molar-refractivity contribution in [3.8, 4) is 11.1 Å². The lowest BCUT2D eigenvalue weighted by atomic mass is 9.96. The fraction of sp³-hybridized carbons (Fsp3) is 0.316. The van der Waals surface area contributed by atoms with Crippen LogP contribution in [-0.4, -0.2) is 17.1 Å². The third kappa shape index (κ3) is 4.17. The zero-order valence-corrected chi connectivity index (χ0v) is 13.9. The fourth-order valence-corrected chi connectivity index (χ4v) is 2.38. The van der Waals surface area contributed by atoms with Gasteiger partial charge in [-0.05, 0) is 68.7 Å². The summed E-state index contributed by atoms with van der Waals surface area (Å²) in [5.74, 6) is -0.584. The highest BCUT2D eigenvalue weighted by atomic mass is 19.1. The van der Waals surface area contributed by atoms with Crippen molar-refractivity contribution in [1.82, 2.24) is 5.32 Å². The second kappa shape index (κ2) is 6.92. The third-order valence-electron chi connectivity index (χ3n) is 3.56. The minimum Gasteiger partial charge on any atom is -0.389 e. The SMILES string of the molecule is Cc1ccc(-c2cc(C(=O)NC(C)C)cc(C(C)O)c2)c(F)c1. The van der Waals surface area contributed by atoms with Crippen molar-refractivity contribution in [3.63, 3.8) is 0 Å². The van der Waals surface area contributed by atoms with Crippen LogP contribution in [0.2, 0.25) is 0 Å². The monoisotopic (exact) mass is 315 g/mol. The zero-order chi connectivity index (χ0) is 17.1. The van der Waals surface area contributed by atoms with Gasteiger partial charge < -0.3 is 10.4 Å². The molecule has 0 aliphatic heterocycles. The molecular formula is C19H22FNO2. The van der Waals surface area contributed by atoms with Crippen LogP contribution in [0.25, 0.3) is 11.1 Å². The lowest BCUT2D eigenvalue weighted by Crippen LogP contribution is -2.30. The highest BCUT2D eigenvalue weighted by Crippen LogP contribution is 2.28. The fourth-order valence-electron chi connectivity index (χ4n) is 2.38. The van der Waals surface area contributed by atoms with Crippen LogP contribution in [0.15, 0.2) is 36.4 Å². The van der Waals surface area contributed by atoms with Gasteiger partial charge in [-0.3, -0.25) is 4.79 Å². The Morgan fingerprint density at radius 2 is 1.83 bits per heavy atom. The average Bonchev–Trinajstić information content (AvgIpc) is 2.46. The van der Waals surface area contributed by atoms with Gasteiger partial charge >= 0.3 is 0 Å². The van der Waals surface area contributed by atoms with Crippen LogP contribution in [0.5, 0.6) is 0 Å². The van der Waals surface area contributed by atoms with E-state index in [9.17, 15) is 14.3 Å². The smallest absolute Gasteiger partial charge is 0.251 e. The molecule has 23 heavy (non-hydrogen) atoms. The van der Waals surface area contributed by atoms with Crippen LogP contribution >= 0.6 is 0 Å². The Bertz CT molecular complexity index is 723. The number of hydrogen-bond donors (Lipinski definition) is 2. The average molecular weight is 315 g/mol. The van der Waals surface area contributed by atoms with E-state index in [4.69, 9.17) is 0 Å². The Morgan fingerprint density at radius 3 is 2.39 bits per heavy atom. The molecular weight excluding hydrogens is 293 g/mol. The van der Waals surface area contributed by atoms with Crippen LogP contribution in [-0.2, 0) is 0 Å². The molecule has 2 rings (SSSR count). The van der Waals surface area contributed by atoms with Gasteiger partial charge in [-0.1, -0.05) is 12.1 Å². The largest absolute Gasteiger partial charge is 0.389 e. The lowest BCUT2D eigenvalue weighted by Gasteiger charge is -2.14. The predicted octanol–water partition coefficient (Wildman–Crippen LogP) is 3.99. The predicted molar refractivity (Wildman–Crippen MR) is 89.8 cm³/mol. The molecule has 0 bridgehead atoms. The van der Waals surface area contributed by atoms with Crippen molar-refractivity contribution < 1.29 is 14.3 Å². The molecule has 0 saturated heterocycles. The highest BCUT2D eigenvalue weighted by molar-refractivity contribution is 5.96. The first-order chi connectivity index (χ1) is 10.8. The van der Waals surface area contributed by atoms with Gasteiger partial charge in [-0.15, -0.1) is 0 Å². The van der Waals surface area contributed by atoms with E-state index in [0.29, 0.717) is 22.3 Å². The summed E-state index contributed by atoms with van der Waals surface area (Å²) in [5, 5.41) is 12.7. The molecule has 0 heterocycles. The molecule has 2 aromatic rings. The van der Waals surface area contributed by atoms with Crippen LogP contribution < -0.4 is 5.32 Å². The second-order valence-electron chi connectivity index (χ2n) is 6.13. The third-order valence-corrected chi connectivity index (χ3v) is 3.56. The van der Waals surface area contributed by atoms with Crippen molar-refractivity contribution in [2.24, 2.45) is 0 Å². The van der Waals surface area contributed by atoms with E-state index in [1.54, 1.807) is 31.2 Å². The van der Waals surface area contributed by atoms with E-state index >= 15 is 0 Å². The molecule has 4 heteroatoms. The Morgan fingerprint density at radius 1 is 1.13 bits per heavy atom. The summed E-state index contributed by atoms with van der Waals surface area (Å²) < 4.78 is 14.2. The molecule has 0 fully saturated rings. The Balaban J connectivity index is 2.54. The Labute approximate surface area is 136 Å². The van der Waals surface area contributed by atoms with E-state index in [2.05, 4.69) is 5.32 Å². The zero-order valence-electron chi connectivity index (χ0n) is 13.9. The molecule has 0 radical (unpaired) electrons. The van der Waals surface area contributed by atoms with E-state index in [0.717, 1.165) is 5.56 Å². The molecule has 0 saturated carbocycles. The minimum absolute atomic E-state index is 0.00253. The van der Waals surface area contributed by atoms with Gasteiger partial charge in [0.05, 0.1) is 6.10 Å². The number of carbonyl (C=O) groups is 1. The van der Waals surface area contributed by atoms with Gasteiger partial charge in [0.2, 0.25) is 0 Å². The number of aliphatic hydroxyl groups is 1. The standard InChI is InChI=1S/C19H22FNO2/c1-11(2)21-19(23)16-9-14(13(4)22)8-15(10-16)17-6-5-12(3)7-18(17)20/h5-11,13,22H,1-4H3,(H,21,23). The summed E-state index contributed by atoms with van der Waals surface area (Å²) in [6.07, 6.45) is -0.742. The van der Waals surface area contributed by atoms with Crippen molar-refractivity contribution in [2.75, 3.05) is 0 Å². The molecule has 0 aliphatic carbocycles. The molecule has 1 unspecified atom stereocenters.